The van der Waals surface area contributed by atoms with Crippen LogP contribution in [0.5, 0.6) is 11.5 Å². The van der Waals surface area contributed by atoms with Crippen molar-refractivity contribution in [1.29, 1.82) is 0 Å². The first-order valence-corrected chi connectivity index (χ1v) is 11.9. The largest absolute Gasteiger partial charge is 0.454 e. The van der Waals surface area contributed by atoms with E-state index in [9.17, 15) is 13.2 Å². The fourth-order valence-corrected chi connectivity index (χ4v) is 4.52. The molecule has 0 unspecified atom stereocenters. The van der Waals surface area contributed by atoms with Crippen molar-refractivity contribution in [3.05, 3.63) is 72.3 Å². The summed E-state index contributed by atoms with van der Waals surface area (Å²) in [5.74, 6) is 1.33. The van der Waals surface area contributed by atoms with Gasteiger partial charge in [0.1, 0.15) is 0 Å². The highest BCUT2D eigenvalue weighted by molar-refractivity contribution is 7.90. The van der Waals surface area contributed by atoms with Gasteiger partial charge < -0.3 is 14.8 Å². The summed E-state index contributed by atoms with van der Waals surface area (Å²) in [5, 5.41) is 3.05. The molecule has 1 amide bonds. The van der Waals surface area contributed by atoms with Gasteiger partial charge in [0.25, 0.3) is 0 Å². The maximum Gasteiger partial charge on any atom is 0.235 e. The van der Waals surface area contributed by atoms with Gasteiger partial charge in [0, 0.05) is 11.9 Å². The Hall–Kier alpha value is -3.32. The van der Waals surface area contributed by atoms with Gasteiger partial charge in [-0.2, -0.15) is 0 Å². The molecule has 5 rings (SSSR count). The van der Waals surface area contributed by atoms with E-state index in [4.69, 9.17) is 9.47 Å². The van der Waals surface area contributed by atoms with Crippen LogP contribution in [-0.4, -0.2) is 27.4 Å². The molecule has 0 saturated heterocycles. The summed E-state index contributed by atoms with van der Waals surface area (Å²) in [6.45, 7) is 0.204. The first-order chi connectivity index (χ1) is 14.8. The van der Waals surface area contributed by atoms with Gasteiger partial charge in [0.15, 0.2) is 21.3 Å². The lowest BCUT2D eigenvalue weighted by atomic mass is 9.94. The van der Waals surface area contributed by atoms with Gasteiger partial charge in [-0.05, 0) is 65.9 Å². The molecule has 0 spiro atoms. The topological polar surface area (TPSA) is 81.7 Å². The van der Waals surface area contributed by atoms with E-state index < -0.39 is 15.3 Å². The van der Waals surface area contributed by atoms with Gasteiger partial charge in [-0.15, -0.1) is 0 Å². The van der Waals surface area contributed by atoms with Crippen molar-refractivity contribution in [3.8, 4) is 22.6 Å². The van der Waals surface area contributed by atoms with Gasteiger partial charge in [-0.3, -0.25) is 4.79 Å². The molecule has 3 aromatic carbocycles. The summed E-state index contributed by atoms with van der Waals surface area (Å²) in [6, 6.07) is 19.9. The van der Waals surface area contributed by atoms with Crippen molar-refractivity contribution < 1.29 is 22.7 Å². The number of ether oxygens (including phenoxy) is 2. The van der Waals surface area contributed by atoms with Crippen LogP contribution in [0.25, 0.3) is 11.1 Å². The minimum atomic E-state index is -3.24. The van der Waals surface area contributed by atoms with Crippen molar-refractivity contribution in [2.75, 3.05) is 18.4 Å². The SMILES string of the molecule is CS(=O)(=O)c1ccc(-c2cccc(NC(=O)C3(c4ccc5c(c4)OCO5)CC3)c2)cc1. The van der Waals surface area contributed by atoms with Crippen LogP contribution < -0.4 is 14.8 Å². The fraction of sp³-hybridized carbons (Fsp3) is 0.208. The van der Waals surface area contributed by atoms with Crippen LogP contribution in [0.4, 0.5) is 5.69 Å². The third-order valence-electron chi connectivity index (χ3n) is 5.85. The third kappa shape index (κ3) is 3.65. The number of sulfone groups is 1. The van der Waals surface area contributed by atoms with Crippen molar-refractivity contribution in [2.45, 2.75) is 23.2 Å². The van der Waals surface area contributed by atoms with Crippen molar-refractivity contribution in [3.63, 3.8) is 0 Å². The summed E-state index contributed by atoms with van der Waals surface area (Å²) in [5.41, 5.74) is 2.85. The van der Waals surface area contributed by atoms with Gasteiger partial charge in [-0.25, -0.2) is 8.42 Å². The molecule has 0 bridgehead atoms. The Morgan fingerprint density at radius 3 is 2.35 bits per heavy atom. The predicted octanol–water partition coefficient (Wildman–Crippen LogP) is 4.16. The second-order valence-electron chi connectivity index (χ2n) is 7.98. The second-order valence-corrected chi connectivity index (χ2v) is 10.00. The normalized spacial score (nSPS) is 16.0. The fourth-order valence-electron chi connectivity index (χ4n) is 3.89. The zero-order chi connectivity index (χ0) is 21.6. The van der Waals surface area contributed by atoms with E-state index in [1.807, 2.05) is 42.5 Å². The number of anilines is 1. The minimum absolute atomic E-state index is 0.0454. The maximum atomic E-state index is 13.2. The molecule has 1 N–H and O–H groups in total. The van der Waals surface area contributed by atoms with E-state index in [-0.39, 0.29) is 17.6 Å². The third-order valence-corrected chi connectivity index (χ3v) is 6.97. The van der Waals surface area contributed by atoms with Crippen LogP contribution in [0.1, 0.15) is 18.4 Å². The molecule has 0 aromatic heterocycles. The van der Waals surface area contributed by atoms with Crippen LogP contribution in [0.3, 0.4) is 0 Å². The monoisotopic (exact) mass is 435 g/mol. The number of nitrogens with one attached hydrogen (secondary N) is 1. The molecule has 7 heteroatoms. The first kappa shape index (κ1) is 19.6. The van der Waals surface area contributed by atoms with Gasteiger partial charge in [-0.1, -0.05) is 30.3 Å². The molecule has 2 aliphatic rings. The number of carbonyl (C=O) groups excluding carboxylic acids is 1. The van der Waals surface area contributed by atoms with Crippen LogP contribution in [0, 0.1) is 0 Å². The summed E-state index contributed by atoms with van der Waals surface area (Å²) < 4.78 is 34.2. The van der Waals surface area contributed by atoms with Crippen molar-refractivity contribution >= 4 is 21.4 Å². The summed E-state index contributed by atoms with van der Waals surface area (Å²) in [4.78, 5) is 13.4. The average molecular weight is 436 g/mol. The number of hydrogen-bond acceptors (Lipinski definition) is 5. The number of carbonyl (C=O) groups is 1. The molecule has 1 aliphatic carbocycles. The molecule has 31 heavy (non-hydrogen) atoms. The van der Waals surface area contributed by atoms with Crippen LogP contribution in [0.2, 0.25) is 0 Å². The Labute approximate surface area is 180 Å². The molecule has 1 fully saturated rings. The second kappa shape index (κ2) is 7.13. The molecule has 0 atom stereocenters. The Kier molecular flexibility index (Phi) is 4.51. The van der Waals surface area contributed by atoms with E-state index in [2.05, 4.69) is 5.32 Å². The standard InChI is InChI=1S/C24H21NO5S/c1-31(27,28)20-8-5-16(6-9-20)17-3-2-4-19(13-17)25-23(26)24(11-12-24)18-7-10-21-22(14-18)30-15-29-21/h2-10,13-14H,11-12,15H2,1H3,(H,25,26). The van der Waals surface area contributed by atoms with Crippen LogP contribution >= 0.6 is 0 Å². The molecule has 3 aromatic rings. The van der Waals surface area contributed by atoms with Crippen LogP contribution in [-0.2, 0) is 20.0 Å². The predicted molar refractivity (Wildman–Crippen MR) is 117 cm³/mol. The van der Waals surface area contributed by atoms with Crippen molar-refractivity contribution in [1.82, 2.24) is 0 Å². The Balaban J connectivity index is 1.37. The number of amides is 1. The summed E-state index contributed by atoms with van der Waals surface area (Å²) >= 11 is 0. The van der Waals surface area contributed by atoms with E-state index in [0.717, 1.165) is 29.5 Å². The smallest absolute Gasteiger partial charge is 0.235 e. The summed E-state index contributed by atoms with van der Waals surface area (Å²) in [7, 11) is -3.24. The summed E-state index contributed by atoms with van der Waals surface area (Å²) in [6.07, 6.45) is 2.75. The van der Waals surface area contributed by atoms with E-state index in [1.165, 1.54) is 6.26 Å². The van der Waals surface area contributed by atoms with Crippen molar-refractivity contribution in [2.24, 2.45) is 0 Å². The quantitative estimate of drug-likeness (QED) is 0.651. The van der Waals surface area contributed by atoms with Crippen LogP contribution in [0.15, 0.2) is 71.6 Å². The Morgan fingerprint density at radius 2 is 1.65 bits per heavy atom. The Morgan fingerprint density at radius 1 is 0.903 bits per heavy atom. The highest BCUT2D eigenvalue weighted by Crippen LogP contribution is 2.51. The van der Waals surface area contributed by atoms with Gasteiger partial charge in [0.2, 0.25) is 12.7 Å². The lowest BCUT2D eigenvalue weighted by Gasteiger charge is -2.17. The lowest BCUT2D eigenvalue weighted by Crippen LogP contribution is -2.27. The minimum Gasteiger partial charge on any atom is -0.454 e. The number of rotatable bonds is 5. The highest BCUT2D eigenvalue weighted by atomic mass is 32.2. The number of hydrogen-bond donors (Lipinski definition) is 1. The maximum absolute atomic E-state index is 13.2. The van der Waals surface area contributed by atoms with E-state index in [0.29, 0.717) is 17.2 Å². The lowest BCUT2D eigenvalue weighted by molar-refractivity contribution is -0.118. The first-order valence-electron chi connectivity index (χ1n) is 9.97. The van der Waals surface area contributed by atoms with E-state index >= 15 is 0 Å². The Bertz CT molecular complexity index is 1280. The molecule has 1 aliphatic heterocycles. The zero-order valence-electron chi connectivity index (χ0n) is 16.9. The van der Waals surface area contributed by atoms with Gasteiger partial charge >= 0.3 is 0 Å². The molecule has 1 saturated carbocycles. The van der Waals surface area contributed by atoms with Gasteiger partial charge in [0.05, 0.1) is 10.3 Å². The zero-order valence-corrected chi connectivity index (χ0v) is 17.7. The number of benzene rings is 3. The highest BCUT2D eigenvalue weighted by Gasteiger charge is 2.51. The van der Waals surface area contributed by atoms with E-state index in [1.54, 1.807) is 24.3 Å². The number of fused-ring (bicyclic) bond motifs is 1. The molecule has 0 radical (unpaired) electrons. The molecule has 1 heterocycles. The molecular formula is C24H21NO5S. The average Bonchev–Trinajstić information content (AvgIpc) is 3.44. The molecular weight excluding hydrogens is 414 g/mol. The molecule has 158 valence electrons. The molecule has 6 nitrogen and oxygen atoms in total.